The van der Waals surface area contributed by atoms with Crippen LogP contribution in [0.3, 0.4) is 0 Å². The topological polar surface area (TPSA) is 89.1 Å². The standard InChI is InChI=1S/CHN6/c2-3-1-4-6-7-5-1/h(H,4,5,6,7)/q-1. The van der Waals surface area contributed by atoms with E-state index in [2.05, 4.69) is 25.7 Å². The van der Waals surface area contributed by atoms with E-state index >= 15 is 0 Å². The van der Waals surface area contributed by atoms with E-state index in [1.165, 1.54) is 0 Å². The van der Waals surface area contributed by atoms with E-state index in [0.717, 1.165) is 0 Å². The third-order valence-corrected chi connectivity index (χ3v) is 0.424. The van der Waals surface area contributed by atoms with E-state index in [1.807, 2.05) is 0 Å². The Morgan fingerprint density at radius 3 is 2.86 bits per heavy atom. The summed E-state index contributed by atoms with van der Waals surface area (Å²) in [5.41, 5.74) is 7.87. The van der Waals surface area contributed by atoms with Crippen LogP contribution in [0.5, 0.6) is 0 Å². The van der Waals surface area contributed by atoms with Crippen LogP contribution in [-0.2, 0) is 0 Å². The van der Waals surface area contributed by atoms with E-state index in [0.29, 0.717) is 0 Å². The fraction of sp³-hybridized carbons (Fsp3) is 0. The number of aromatic amines is 1. The minimum atomic E-state index is -0.0556. The number of hydrogen-bond donors (Lipinski definition) is 1. The van der Waals surface area contributed by atoms with E-state index in [4.69, 9.17) is 5.53 Å². The Kier molecular flexibility index (Phi) is 0.777. The first-order chi connectivity index (χ1) is 3.43. The summed E-state index contributed by atoms with van der Waals surface area (Å²) in [4.78, 5) is 0. The van der Waals surface area contributed by atoms with Crippen molar-refractivity contribution in [2.75, 3.05) is 0 Å². The number of hydrogen-bond acceptors (Lipinski definition) is 4. The molecule has 36 valence electrons. The highest BCUT2D eigenvalue weighted by Gasteiger charge is 1.81. The van der Waals surface area contributed by atoms with Crippen LogP contribution in [0.25, 0.3) is 5.53 Å². The molecule has 0 radical (unpaired) electrons. The van der Waals surface area contributed by atoms with Crippen molar-refractivity contribution < 1.29 is 0 Å². The summed E-state index contributed by atoms with van der Waals surface area (Å²) in [5, 5.41) is 14.4. The average molecular weight is 97.1 g/mol. The summed E-state index contributed by atoms with van der Waals surface area (Å²) >= 11 is 0. The summed E-state index contributed by atoms with van der Waals surface area (Å²) in [5.74, 6) is -0.0556. The van der Waals surface area contributed by atoms with Crippen LogP contribution in [0.2, 0.25) is 0 Å². The number of rotatable bonds is 1. The number of H-pyrrole nitrogens is 1. The second kappa shape index (κ2) is 1.41. The van der Waals surface area contributed by atoms with E-state index in [1.54, 1.807) is 0 Å². The Hall–Kier alpha value is -1.33. The molecule has 0 saturated heterocycles. The van der Waals surface area contributed by atoms with Crippen LogP contribution in [0, 0.1) is 0 Å². The summed E-state index contributed by atoms with van der Waals surface area (Å²) in [6, 6.07) is 0. The van der Waals surface area contributed by atoms with Gasteiger partial charge in [0.05, 0.1) is 0 Å². The zero-order valence-electron chi connectivity index (χ0n) is 3.24. The number of nitrogens with zero attached hydrogens (tertiary/aromatic N) is 5. The molecule has 0 unspecified atom stereocenters. The highest BCUT2D eigenvalue weighted by atomic mass is 15.5. The lowest BCUT2D eigenvalue weighted by molar-refractivity contribution is 0.881. The van der Waals surface area contributed by atoms with Crippen LogP contribution in [0.1, 0.15) is 0 Å². The Balaban J connectivity index is 2.96. The van der Waals surface area contributed by atoms with Crippen molar-refractivity contribution in [3.8, 4) is 0 Å². The minimum Gasteiger partial charge on any atom is -0.704 e. The van der Waals surface area contributed by atoms with Crippen LogP contribution < -0.4 is 0 Å². The fourth-order valence-corrected chi connectivity index (χ4v) is 0.199. The second-order valence-electron chi connectivity index (χ2n) is 0.812. The van der Waals surface area contributed by atoms with Gasteiger partial charge in [-0.15, -0.1) is 5.10 Å². The van der Waals surface area contributed by atoms with Gasteiger partial charge in [-0.3, -0.25) is 0 Å². The maximum atomic E-state index is 7.87. The largest absolute Gasteiger partial charge is 0.704 e. The van der Waals surface area contributed by atoms with Crippen molar-refractivity contribution in [3.05, 3.63) is 5.53 Å². The highest BCUT2D eigenvalue weighted by Crippen LogP contribution is 1.92. The lowest BCUT2D eigenvalue weighted by Crippen LogP contribution is -1.64. The number of aromatic nitrogens is 4. The Morgan fingerprint density at radius 2 is 2.57 bits per heavy atom. The molecule has 1 heterocycles. The molecule has 1 aromatic heterocycles. The molecule has 0 aliphatic carbocycles. The van der Waals surface area contributed by atoms with Crippen molar-refractivity contribution in [1.82, 2.24) is 20.6 Å². The fourth-order valence-electron chi connectivity index (χ4n) is 0.199. The van der Waals surface area contributed by atoms with Gasteiger partial charge >= 0.3 is 0 Å². The van der Waals surface area contributed by atoms with Crippen molar-refractivity contribution in [2.45, 2.75) is 0 Å². The number of nitrogens with one attached hydrogen (secondary N) is 1. The van der Waals surface area contributed by atoms with Crippen LogP contribution in [0.15, 0.2) is 5.11 Å². The Bertz CT molecular complexity index is 139. The molecule has 0 fully saturated rings. The maximum absolute atomic E-state index is 7.87. The molecule has 0 aromatic carbocycles. The lowest BCUT2D eigenvalue weighted by atomic mass is 11.1. The van der Waals surface area contributed by atoms with Gasteiger partial charge in [0, 0.05) is 0 Å². The van der Waals surface area contributed by atoms with Gasteiger partial charge in [-0.1, -0.05) is 5.10 Å². The third kappa shape index (κ3) is 0.566. The van der Waals surface area contributed by atoms with Gasteiger partial charge in [-0.05, 0) is 5.21 Å². The van der Waals surface area contributed by atoms with E-state index in [-0.39, 0.29) is 5.95 Å². The summed E-state index contributed by atoms with van der Waals surface area (Å²) in [7, 11) is 0. The molecule has 1 aromatic rings. The van der Waals surface area contributed by atoms with Gasteiger partial charge in [0.25, 0.3) is 5.95 Å². The molecule has 7 heavy (non-hydrogen) atoms. The van der Waals surface area contributed by atoms with Gasteiger partial charge < -0.3 is 10.6 Å². The first-order valence-corrected chi connectivity index (χ1v) is 1.52. The SMILES string of the molecule is [N-]=Nc1nn[nH]n1. The molecule has 0 aliphatic rings. The first kappa shape index (κ1) is 3.85. The molecule has 0 aliphatic heterocycles. The van der Waals surface area contributed by atoms with Gasteiger partial charge in [-0.25, -0.2) is 0 Å². The molecule has 1 rings (SSSR count). The average Bonchev–Trinajstić information content (AvgIpc) is 2.14. The van der Waals surface area contributed by atoms with Crippen molar-refractivity contribution in [1.29, 1.82) is 0 Å². The number of tetrazole rings is 1. The smallest absolute Gasteiger partial charge is 0.268 e. The molecule has 0 amide bonds. The van der Waals surface area contributed by atoms with Gasteiger partial charge in [0.1, 0.15) is 0 Å². The molecule has 0 bridgehead atoms. The predicted octanol–water partition coefficient (Wildman–Crippen LogP) is -0.147. The molecule has 0 saturated carbocycles. The Morgan fingerprint density at radius 1 is 1.71 bits per heavy atom. The predicted molar refractivity (Wildman–Crippen MR) is 19.6 cm³/mol. The molecular weight excluding hydrogens is 96.1 g/mol. The molecule has 1 N–H and O–H groups in total. The monoisotopic (exact) mass is 97.0 g/mol. The Labute approximate surface area is 38.4 Å². The van der Waals surface area contributed by atoms with Crippen LogP contribution in [0.4, 0.5) is 5.95 Å². The molecule has 6 heteroatoms. The van der Waals surface area contributed by atoms with Gasteiger partial charge in [-0.2, -0.15) is 5.21 Å². The highest BCUT2D eigenvalue weighted by molar-refractivity contribution is 5.04. The maximum Gasteiger partial charge on any atom is 0.268 e. The van der Waals surface area contributed by atoms with Gasteiger partial charge in [0.15, 0.2) is 0 Å². The minimum absolute atomic E-state index is 0.0556. The third-order valence-electron chi connectivity index (χ3n) is 0.424. The first-order valence-electron chi connectivity index (χ1n) is 1.52. The van der Waals surface area contributed by atoms with Crippen molar-refractivity contribution in [2.24, 2.45) is 5.11 Å². The zero-order valence-corrected chi connectivity index (χ0v) is 3.24. The van der Waals surface area contributed by atoms with Crippen LogP contribution in [-0.4, -0.2) is 20.6 Å². The van der Waals surface area contributed by atoms with E-state index in [9.17, 15) is 0 Å². The summed E-state index contributed by atoms with van der Waals surface area (Å²) in [6.07, 6.45) is 0. The molecule has 0 atom stereocenters. The van der Waals surface area contributed by atoms with Crippen molar-refractivity contribution >= 4 is 5.95 Å². The van der Waals surface area contributed by atoms with E-state index < -0.39 is 0 Å². The zero-order chi connectivity index (χ0) is 5.11. The second-order valence-corrected chi connectivity index (χ2v) is 0.812. The summed E-state index contributed by atoms with van der Waals surface area (Å²) in [6.45, 7) is 0. The lowest BCUT2D eigenvalue weighted by Gasteiger charge is -1.76. The normalized spacial score (nSPS) is 8.57. The molecule has 0 spiro atoms. The molecule has 6 nitrogen and oxygen atoms in total. The van der Waals surface area contributed by atoms with Crippen LogP contribution >= 0.6 is 0 Å². The van der Waals surface area contributed by atoms with Crippen molar-refractivity contribution in [3.63, 3.8) is 0 Å². The quantitative estimate of drug-likeness (QED) is 0.494. The van der Waals surface area contributed by atoms with Gasteiger partial charge in [0.2, 0.25) is 0 Å². The molecular formula is CHN6-. The summed E-state index contributed by atoms with van der Waals surface area (Å²) < 4.78 is 0.